The van der Waals surface area contributed by atoms with Crippen molar-refractivity contribution in [2.45, 2.75) is 32.7 Å². The molecule has 4 nitrogen and oxygen atoms in total. The van der Waals surface area contributed by atoms with E-state index in [4.69, 9.17) is 5.73 Å². The van der Waals surface area contributed by atoms with Gasteiger partial charge in [-0.2, -0.15) is 0 Å². The Balaban J connectivity index is 1.79. The van der Waals surface area contributed by atoms with E-state index in [0.717, 1.165) is 32.0 Å². The number of nitrogen functional groups attached to an aromatic ring is 1. The lowest BCUT2D eigenvalue weighted by Crippen LogP contribution is -2.28. The van der Waals surface area contributed by atoms with Gasteiger partial charge in [0.25, 0.3) is 5.56 Å². The van der Waals surface area contributed by atoms with Crippen molar-refractivity contribution in [2.75, 3.05) is 25.4 Å². The van der Waals surface area contributed by atoms with Gasteiger partial charge in [-0.15, -0.1) is 0 Å². The van der Waals surface area contributed by atoms with Crippen molar-refractivity contribution >= 4 is 5.69 Å². The molecule has 0 unspecified atom stereocenters. The quantitative estimate of drug-likeness (QED) is 0.797. The van der Waals surface area contributed by atoms with Crippen LogP contribution >= 0.6 is 0 Å². The molecule has 2 N–H and O–H groups in total. The number of hydrogen-bond acceptors (Lipinski definition) is 3. The molecule has 100 valence electrons. The van der Waals surface area contributed by atoms with Crippen molar-refractivity contribution < 1.29 is 0 Å². The second-order valence-electron chi connectivity index (χ2n) is 5.18. The van der Waals surface area contributed by atoms with Crippen molar-refractivity contribution in [2.24, 2.45) is 5.92 Å². The highest BCUT2D eigenvalue weighted by molar-refractivity contribution is 5.33. The third kappa shape index (κ3) is 3.88. The third-order valence-corrected chi connectivity index (χ3v) is 3.54. The van der Waals surface area contributed by atoms with E-state index in [1.54, 1.807) is 16.8 Å². The van der Waals surface area contributed by atoms with Crippen molar-refractivity contribution in [1.29, 1.82) is 0 Å². The molecule has 0 atom stereocenters. The fourth-order valence-corrected chi connectivity index (χ4v) is 2.23. The van der Waals surface area contributed by atoms with Gasteiger partial charge in [0.2, 0.25) is 0 Å². The molecule has 1 aromatic heterocycles. The van der Waals surface area contributed by atoms with Crippen molar-refractivity contribution in [3.63, 3.8) is 0 Å². The molecule has 18 heavy (non-hydrogen) atoms. The normalized spacial score (nSPS) is 15.2. The molecule has 4 heteroatoms. The van der Waals surface area contributed by atoms with Crippen LogP contribution < -0.4 is 11.3 Å². The number of anilines is 1. The lowest BCUT2D eigenvalue weighted by molar-refractivity contribution is 0.267. The minimum atomic E-state index is 0.0365. The largest absolute Gasteiger partial charge is 0.398 e. The molecule has 0 aromatic carbocycles. The van der Waals surface area contributed by atoms with Crippen molar-refractivity contribution in [3.05, 3.63) is 28.7 Å². The van der Waals surface area contributed by atoms with E-state index in [2.05, 4.69) is 11.8 Å². The average Bonchev–Trinajstić information content (AvgIpc) is 3.16. The van der Waals surface area contributed by atoms with E-state index in [-0.39, 0.29) is 5.56 Å². The van der Waals surface area contributed by atoms with E-state index in [1.807, 2.05) is 0 Å². The SMILES string of the molecule is CCN(CCCn1cc(N)ccc1=O)CC1CC1. The summed E-state index contributed by atoms with van der Waals surface area (Å²) >= 11 is 0. The number of pyridine rings is 1. The summed E-state index contributed by atoms with van der Waals surface area (Å²) < 4.78 is 1.71. The van der Waals surface area contributed by atoms with Gasteiger partial charge in [0.05, 0.1) is 0 Å². The predicted molar refractivity (Wildman–Crippen MR) is 74.6 cm³/mol. The third-order valence-electron chi connectivity index (χ3n) is 3.54. The number of hydrogen-bond donors (Lipinski definition) is 1. The van der Waals surface area contributed by atoms with Gasteiger partial charge in [-0.25, -0.2) is 0 Å². The first-order chi connectivity index (χ1) is 8.69. The van der Waals surface area contributed by atoms with Crippen molar-refractivity contribution in [3.8, 4) is 0 Å². The summed E-state index contributed by atoms with van der Waals surface area (Å²) in [6.45, 7) is 6.35. The topological polar surface area (TPSA) is 51.3 Å². The summed E-state index contributed by atoms with van der Waals surface area (Å²) in [4.78, 5) is 14.1. The molecule has 1 aliphatic rings. The highest BCUT2D eigenvalue weighted by atomic mass is 16.1. The molecular weight excluding hydrogens is 226 g/mol. The van der Waals surface area contributed by atoms with E-state index in [1.165, 1.54) is 25.5 Å². The highest BCUT2D eigenvalue weighted by Gasteiger charge is 2.23. The second-order valence-corrected chi connectivity index (χ2v) is 5.18. The van der Waals surface area contributed by atoms with E-state index >= 15 is 0 Å². The first kappa shape index (κ1) is 13.1. The number of aromatic nitrogens is 1. The van der Waals surface area contributed by atoms with E-state index < -0.39 is 0 Å². The van der Waals surface area contributed by atoms with Crippen LogP contribution in [0.15, 0.2) is 23.1 Å². The molecule has 0 amide bonds. The van der Waals surface area contributed by atoms with Gasteiger partial charge in [0.15, 0.2) is 0 Å². The lowest BCUT2D eigenvalue weighted by Gasteiger charge is -2.20. The van der Waals surface area contributed by atoms with Crippen LogP contribution in [-0.2, 0) is 6.54 Å². The van der Waals surface area contributed by atoms with Gasteiger partial charge >= 0.3 is 0 Å². The first-order valence-electron chi connectivity index (χ1n) is 6.87. The number of nitrogens with zero attached hydrogens (tertiary/aromatic N) is 2. The Bertz CT molecular complexity index is 437. The van der Waals surface area contributed by atoms with E-state index in [9.17, 15) is 4.79 Å². The second kappa shape index (κ2) is 6.05. The zero-order valence-corrected chi connectivity index (χ0v) is 11.1. The lowest BCUT2D eigenvalue weighted by atomic mass is 10.3. The Kier molecular flexibility index (Phi) is 4.42. The molecule has 0 radical (unpaired) electrons. The summed E-state index contributed by atoms with van der Waals surface area (Å²) in [6.07, 6.45) is 5.53. The maximum Gasteiger partial charge on any atom is 0.250 e. The smallest absolute Gasteiger partial charge is 0.250 e. The molecular formula is C14H23N3O. The standard InChI is InChI=1S/C14H23N3O/c1-2-16(10-12-4-5-12)8-3-9-17-11-13(15)6-7-14(17)18/h6-7,11-12H,2-5,8-10,15H2,1H3. The Morgan fingerprint density at radius 3 is 2.89 bits per heavy atom. The van der Waals surface area contributed by atoms with Gasteiger partial charge in [0, 0.05) is 31.0 Å². The summed E-state index contributed by atoms with van der Waals surface area (Å²) in [5.74, 6) is 0.931. The Hall–Kier alpha value is -1.29. The minimum Gasteiger partial charge on any atom is -0.398 e. The average molecular weight is 249 g/mol. The zero-order chi connectivity index (χ0) is 13.0. The molecule has 2 rings (SSSR count). The maximum atomic E-state index is 11.6. The van der Waals surface area contributed by atoms with Crippen LogP contribution in [0.5, 0.6) is 0 Å². The van der Waals surface area contributed by atoms with Gasteiger partial charge in [-0.3, -0.25) is 4.79 Å². The Morgan fingerprint density at radius 1 is 1.44 bits per heavy atom. The van der Waals surface area contributed by atoms with Gasteiger partial charge in [-0.1, -0.05) is 6.92 Å². The summed E-state index contributed by atoms with van der Waals surface area (Å²) in [6, 6.07) is 3.20. The Morgan fingerprint density at radius 2 is 2.22 bits per heavy atom. The van der Waals surface area contributed by atoms with Gasteiger partial charge < -0.3 is 15.2 Å². The monoisotopic (exact) mass is 249 g/mol. The molecule has 0 saturated heterocycles. The van der Waals surface area contributed by atoms with E-state index in [0.29, 0.717) is 5.69 Å². The molecule has 1 saturated carbocycles. The van der Waals surface area contributed by atoms with Crippen LogP contribution in [0.4, 0.5) is 5.69 Å². The molecule has 1 aliphatic carbocycles. The minimum absolute atomic E-state index is 0.0365. The molecule has 1 fully saturated rings. The first-order valence-corrected chi connectivity index (χ1v) is 6.87. The van der Waals surface area contributed by atoms with Crippen molar-refractivity contribution in [1.82, 2.24) is 9.47 Å². The molecule has 0 bridgehead atoms. The van der Waals surface area contributed by atoms with Gasteiger partial charge in [-0.05, 0) is 44.3 Å². The molecule has 1 heterocycles. The van der Waals surface area contributed by atoms with Crippen LogP contribution in [0, 0.1) is 5.92 Å². The predicted octanol–water partition coefficient (Wildman–Crippen LogP) is 1.55. The fraction of sp³-hybridized carbons (Fsp3) is 0.643. The molecule has 0 aliphatic heterocycles. The van der Waals surface area contributed by atoms with Crippen LogP contribution in [0.1, 0.15) is 26.2 Å². The number of nitrogens with two attached hydrogens (primary N) is 1. The maximum absolute atomic E-state index is 11.6. The highest BCUT2D eigenvalue weighted by Crippen LogP contribution is 2.29. The Labute approximate surface area is 108 Å². The summed E-state index contributed by atoms with van der Waals surface area (Å²) in [5, 5.41) is 0. The molecule has 1 aromatic rings. The number of aryl methyl sites for hydroxylation is 1. The van der Waals surface area contributed by atoms with Gasteiger partial charge in [0.1, 0.15) is 0 Å². The number of rotatable bonds is 7. The summed E-state index contributed by atoms with van der Waals surface area (Å²) in [5.41, 5.74) is 6.38. The van der Waals surface area contributed by atoms with Crippen LogP contribution in [0.2, 0.25) is 0 Å². The van der Waals surface area contributed by atoms with Crippen LogP contribution in [-0.4, -0.2) is 29.1 Å². The molecule has 0 spiro atoms. The zero-order valence-electron chi connectivity index (χ0n) is 11.1. The van der Waals surface area contributed by atoms with Crippen LogP contribution in [0.3, 0.4) is 0 Å². The fourth-order valence-electron chi connectivity index (χ4n) is 2.23. The summed E-state index contributed by atoms with van der Waals surface area (Å²) in [7, 11) is 0. The van der Waals surface area contributed by atoms with Crippen LogP contribution in [0.25, 0.3) is 0 Å².